The van der Waals surface area contributed by atoms with Gasteiger partial charge in [0.2, 0.25) is 0 Å². The van der Waals surface area contributed by atoms with Crippen LogP contribution in [0.2, 0.25) is 0 Å². The predicted molar refractivity (Wildman–Crippen MR) is 57.6 cm³/mol. The molecule has 0 aromatic carbocycles. The lowest BCUT2D eigenvalue weighted by atomic mass is 10.2. The van der Waals surface area contributed by atoms with Gasteiger partial charge in [-0.05, 0) is 38.6 Å². The predicted octanol–water partition coefficient (Wildman–Crippen LogP) is 1.50. The number of likely N-dealkylation sites (tertiary alicyclic amines) is 1. The van der Waals surface area contributed by atoms with Crippen LogP contribution in [-0.2, 0) is 0 Å². The monoisotopic (exact) mass is 202 g/mol. The van der Waals surface area contributed by atoms with Gasteiger partial charge in [-0.3, -0.25) is 9.30 Å². The fourth-order valence-electron chi connectivity index (χ4n) is 2.32. The van der Waals surface area contributed by atoms with Crippen molar-refractivity contribution in [3.05, 3.63) is 30.2 Å². The van der Waals surface area contributed by atoms with Crippen LogP contribution in [0.5, 0.6) is 0 Å². The number of hydrogen-bond acceptors (Lipinski definition) is 3. The SMILES string of the molecule is CN1CCC[C@H]1c1nnc2ccccn12. The van der Waals surface area contributed by atoms with E-state index in [0.717, 1.165) is 18.0 Å². The van der Waals surface area contributed by atoms with Gasteiger partial charge in [-0.2, -0.15) is 0 Å². The highest BCUT2D eigenvalue weighted by Crippen LogP contribution is 2.28. The van der Waals surface area contributed by atoms with Gasteiger partial charge in [0, 0.05) is 6.20 Å². The standard InChI is InChI=1S/C11H14N4/c1-14-7-4-5-9(14)11-13-12-10-6-2-3-8-15(10)11/h2-3,6,8-9H,4-5,7H2,1H3/t9-/m0/s1. The van der Waals surface area contributed by atoms with Crippen LogP contribution in [0, 0.1) is 0 Å². The third kappa shape index (κ3) is 1.33. The number of rotatable bonds is 1. The van der Waals surface area contributed by atoms with E-state index in [-0.39, 0.29) is 0 Å². The molecule has 1 atom stereocenters. The van der Waals surface area contributed by atoms with Crippen LogP contribution < -0.4 is 0 Å². The van der Waals surface area contributed by atoms with Crippen LogP contribution in [0.4, 0.5) is 0 Å². The topological polar surface area (TPSA) is 33.4 Å². The van der Waals surface area contributed by atoms with Gasteiger partial charge in [-0.15, -0.1) is 10.2 Å². The van der Waals surface area contributed by atoms with E-state index in [1.807, 2.05) is 24.4 Å². The highest BCUT2D eigenvalue weighted by molar-refractivity contribution is 5.37. The molecule has 2 aromatic rings. The third-order valence-corrected chi connectivity index (χ3v) is 3.16. The van der Waals surface area contributed by atoms with Gasteiger partial charge in [0.15, 0.2) is 11.5 Å². The smallest absolute Gasteiger partial charge is 0.160 e. The van der Waals surface area contributed by atoms with E-state index in [1.54, 1.807) is 0 Å². The zero-order chi connectivity index (χ0) is 10.3. The molecule has 2 aromatic heterocycles. The largest absolute Gasteiger partial charge is 0.296 e. The van der Waals surface area contributed by atoms with Gasteiger partial charge in [-0.1, -0.05) is 6.07 Å². The average molecular weight is 202 g/mol. The Balaban J connectivity index is 2.10. The maximum absolute atomic E-state index is 4.30. The molecule has 4 heteroatoms. The fourth-order valence-corrected chi connectivity index (χ4v) is 2.32. The maximum Gasteiger partial charge on any atom is 0.160 e. The van der Waals surface area contributed by atoms with Crippen molar-refractivity contribution in [2.75, 3.05) is 13.6 Å². The molecule has 4 nitrogen and oxygen atoms in total. The molecule has 3 rings (SSSR count). The molecule has 0 saturated carbocycles. The van der Waals surface area contributed by atoms with Crippen molar-refractivity contribution < 1.29 is 0 Å². The molecule has 0 aliphatic carbocycles. The normalized spacial score (nSPS) is 22.6. The first-order valence-electron chi connectivity index (χ1n) is 5.36. The molecule has 1 aliphatic rings. The molecule has 0 bridgehead atoms. The van der Waals surface area contributed by atoms with Crippen LogP contribution >= 0.6 is 0 Å². The number of fused-ring (bicyclic) bond motifs is 1. The van der Waals surface area contributed by atoms with Crippen molar-refractivity contribution in [3.8, 4) is 0 Å². The van der Waals surface area contributed by atoms with Gasteiger partial charge in [0.25, 0.3) is 0 Å². The molecule has 3 heterocycles. The second-order valence-electron chi connectivity index (χ2n) is 4.13. The molecular weight excluding hydrogens is 188 g/mol. The van der Waals surface area contributed by atoms with Crippen LogP contribution in [0.3, 0.4) is 0 Å². The molecule has 1 saturated heterocycles. The molecule has 0 amide bonds. The van der Waals surface area contributed by atoms with Gasteiger partial charge >= 0.3 is 0 Å². The first-order valence-corrected chi connectivity index (χ1v) is 5.36. The van der Waals surface area contributed by atoms with E-state index in [9.17, 15) is 0 Å². The van der Waals surface area contributed by atoms with Crippen LogP contribution in [0.15, 0.2) is 24.4 Å². The lowest BCUT2D eigenvalue weighted by Crippen LogP contribution is -2.19. The first-order chi connectivity index (χ1) is 7.36. The summed E-state index contributed by atoms with van der Waals surface area (Å²) in [5, 5.41) is 8.48. The van der Waals surface area contributed by atoms with Crippen LogP contribution in [-0.4, -0.2) is 33.1 Å². The van der Waals surface area contributed by atoms with Crippen molar-refractivity contribution >= 4 is 5.65 Å². The highest BCUT2D eigenvalue weighted by atomic mass is 15.3. The quantitative estimate of drug-likeness (QED) is 0.702. The Bertz CT molecular complexity index is 476. The van der Waals surface area contributed by atoms with Gasteiger partial charge < -0.3 is 0 Å². The fraction of sp³-hybridized carbons (Fsp3) is 0.455. The summed E-state index contributed by atoms with van der Waals surface area (Å²) < 4.78 is 2.09. The third-order valence-electron chi connectivity index (χ3n) is 3.16. The number of hydrogen-bond donors (Lipinski definition) is 0. The second kappa shape index (κ2) is 3.31. The molecule has 1 aliphatic heterocycles. The van der Waals surface area contributed by atoms with Gasteiger partial charge in [0.1, 0.15) is 0 Å². The van der Waals surface area contributed by atoms with Crippen molar-refractivity contribution in [2.24, 2.45) is 0 Å². The molecule has 0 radical (unpaired) electrons. The van der Waals surface area contributed by atoms with E-state index in [1.165, 1.54) is 12.8 Å². The van der Waals surface area contributed by atoms with Crippen molar-refractivity contribution in [2.45, 2.75) is 18.9 Å². The van der Waals surface area contributed by atoms with Crippen LogP contribution in [0.25, 0.3) is 5.65 Å². The summed E-state index contributed by atoms with van der Waals surface area (Å²) in [5.41, 5.74) is 0.938. The maximum atomic E-state index is 4.30. The molecule has 15 heavy (non-hydrogen) atoms. The Kier molecular flexibility index (Phi) is 1.95. The summed E-state index contributed by atoms with van der Waals surface area (Å²) >= 11 is 0. The van der Waals surface area contributed by atoms with Crippen molar-refractivity contribution in [1.82, 2.24) is 19.5 Å². The summed E-state index contributed by atoms with van der Waals surface area (Å²) in [6.07, 6.45) is 4.48. The Hall–Kier alpha value is -1.42. The molecule has 0 spiro atoms. The first kappa shape index (κ1) is 8.85. The molecule has 0 N–H and O–H groups in total. The number of pyridine rings is 1. The number of nitrogens with zero attached hydrogens (tertiary/aromatic N) is 4. The zero-order valence-electron chi connectivity index (χ0n) is 8.80. The zero-order valence-corrected chi connectivity index (χ0v) is 8.80. The molecule has 1 fully saturated rings. The van der Waals surface area contributed by atoms with Gasteiger partial charge in [0.05, 0.1) is 6.04 Å². The molecule has 78 valence electrons. The average Bonchev–Trinajstić information content (AvgIpc) is 2.83. The van der Waals surface area contributed by atoms with Crippen molar-refractivity contribution in [1.29, 1.82) is 0 Å². The van der Waals surface area contributed by atoms with Crippen molar-refractivity contribution in [3.63, 3.8) is 0 Å². The number of aromatic nitrogens is 3. The minimum atomic E-state index is 0.433. The minimum absolute atomic E-state index is 0.433. The van der Waals surface area contributed by atoms with E-state index in [2.05, 4.69) is 26.5 Å². The lowest BCUT2D eigenvalue weighted by molar-refractivity contribution is 0.304. The molecular formula is C11H14N4. The minimum Gasteiger partial charge on any atom is -0.296 e. The summed E-state index contributed by atoms with van der Waals surface area (Å²) in [5.74, 6) is 1.07. The Morgan fingerprint density at radius 2 is 2.27 bits per heavy atom. The Labute approximate surface area is 88.5 Å². The van der Waals surface area contributed by atoms with Crippen LogP contribution in [0.1, 0.15) is 24.7 Å². The molecule has 0 unspecified atom stereocenters. The summed E-state index contributed by atoms with van der Waals surface area (Å²) in [6.45, 7) is 1.16. The summed E-state index contributed by atoms with van der Waals surface area (Å²) in [7, 11) is 2.15. The van der Waals surface area contributed by atoms with E-state index >= 15 is 0 Å². The lowest BCUT2D eigenvalue weighted by Gasteiger charge is -2.17. The Morgan fingerprint density at radius 1 is 1.33 bits per heavy atom. The summed E-state index contributed by atoms with van der Waals surface area (Å²) in [4.78, 5) is 2.35. The second-order valence-corrected chi connectivity index (χ2v) is 4.13. The van der Waals surface area contributed by atoms with E-state index < -0.39 is 0 Å². The van der Waals surface area contributed by atoms with E-state index in [0.29, 0.717) is 6.04 Å². The highest BCUT2D eigenvalue weighted by Gasteiger charge is 2.26. The van der Waals surface area contributed by atoms with E-state index in [4.69, 9.17) is 0 Å². The van der Waals surface area contributed by atoms with Gasteiger partial charge in [-0.25, -0.2) is 0 Å². The Morgan fingerprint density at radius 3 is 3.07 bits per heavy atom. The summed E-state index contributed by atoms with van der Waals surface area (Å²) in [6, 6.07) is 6.44.